The Kier molecular flexibility index (Phi) is 4.49. The van der Waals surface area contributed by atoms with E-state index in [0.29, 0.717) is 0 Å². The number of hydrogen-bond acceptors (Lipinski definition) is 4. The number of fused-ring (bicyclic) bond motifs is 1. The summed E-state index contributed by atoms with van der Waals surface area (Å²) in [6.45, 7) is 6.35. The van der Waals surface area contributed by atoms with E-state index in [0.717, 1.165) is 29.9 Å². The van der Waals surface area contributed by atoms with Crippen LogP contribution in [0.3, 0.4) is 0 Å². The minimum absolute atomic E-state index is 0.211. The first kappa shape index (κ1) is 16.1. The van der Waals surface area contributed by atoms with Crippen LogP contribution in [-0.4, -0.2) is 32.5 Å². The third kappa shape index (κ3) is 3.50. The maximum Gasteiger partial charge on any atom is 0.125 e. The lowest BCUT2D eigenvalue weighted by Gasteiger charge is -2.43. The number of methoxy groups -OCH3 is 2. The first-order valence-corrected chi connectivity index (χ1v) is 7.42. The van der Waals surface area contributed by atoms with Crippen LogP contribution in [0.5, 0.6) is 11.5 Å². The van der Waals surface area contributed by atoms with Gasteiger partial charge in [0, 0.05) is 31.6 Å². The molecule has 0 saturated heterocycles. The quantitative estimate of drug-likeness (QED) is 0.904. The van der Waals surface area contributed by atoms with Gasteiger partial charge in [0.1, 0.15) is 17.1 Å². The molecule has 0 radical (unpaired) electrons. The van der Waals surface area contributed by atoms with E-state index < -0.39 is 0 Å². The zero-order valence-corrected chi connectivity index (χ0v) is 13.9. The second kappa shape index (κ2) is 5.85. The summed E-state index contributed by atoms with van der Waals surface area (Å²) in [6, 6.07) is 6.24. The van der Waals surface area contributed by atoms with Crippen molar-refractivity contribution in [2.24, 2.45) is 0 Å². The fourth-order valence-electron chi connectivity index (χ4n) is 3.21. The van der Waals surface area contributed by atoms with E-state index in [1.54, 1.807) is 14.2 Å². The van der Waals surface area contributed by atoms with Crippen molar-refractivity contribution in [3.63, 3.8) is 0 Å². The smallest absolute Gasteiger partial charge is 0.125 e. The highest BCUT2D eigenvalue weighted by molar-refractivity contribution is 5.44. The predicted molar refractivity (Wildman–Crippen MR) is 84.1 cm³/mol. The largest absolute Gasteiger partial charge is 0.497 e. The summed E-state index contributed by atoms with van der Waals surface area (Å²) in [7, 11) is 5.42. The molecule has 0 aliphatic carbocycles. The lowest BCUT2D eigenvalue weighted by Crippen LogP contribution is -2.46. The SMILES string of the molecule is CNC1CC(C)(CC(C)(C)OC)Oc2ccc(OC)cc21. The molecule has 0 spiro atoms. The van der Waals surface area contributed by atoms with Gasteiger partial charge in [-0.05, 0) is 46.0 Å². The zero-order valence-electron chi connectivity index (χ0n) is 13.9. The molecular formula is C17H27NO3. The van der Waals surface area contributed by atoms with Crippen molar-refractivity contribution in [3.05, 3.63) is 23.8 Å². The minimum atomic E-state index is -0.255. The molecule has 4 nitrogen and oxygen atoms in total. The highest BCUT2D eigenvalue weighted by atomic mass is 16.5. The summed E-state index contributed by atoms with van der Waals surface area (Å²) in [5.74, 6) is 1.79. The standard InChI is InChI=1S/C17H27NO3/c1-16(2,20-6)11-17(3)10-14(18-4)13-9-12(19-5)7-8-15(13)21-17/h7-9,14,18H,10-11H2,1-6H3. The maximum absolute atomic E-state index is 6.31. The molecule has 0 bridgehead atoms. The Bertz CT molecular complexity index is 501. The van der Waals surface area contributed by atoms with E-state index in [4.69, 9.17) is 14.2 Å². The van der Waals surface area contributed by atoms with Crippen molar-refractivity contribution >= 4 is 0 Å². The molecule has 1 aliphatic rings. The molecule has 1 heterocycles. The van der Waals surface area contributed by atoms with Crippen LogP contribution in [-0.2, 0) is 4.74 Å². The Balaban J connectivity index is 2.31. The third-order valence-corrected chi connectivity index (χ3v) is 4.29. The molecule has 1 aromatic rings. The molecular weight excluding hydrogens is 266 g/mol. The van der Waals surface area contributed by atoms with Gasteiger partial charge in [0.05, 0.1) is 12.7 Å². The molecule has 118 valence electrons. The first-order valence-electron chi connectivity index (χ1n) is 7.42. The van der Waals surface area contributed by atoms with Crippen LogP contribution in [0.15, 0.2) is 18.2 Å². The van der Waals surface area contributed by atoms with Crippen molar-refractivity contribution in [1.82, 2.24) is 5.32 Å². The summed E-state index contributed by atoms with van der Waals surface area (Å²) in [5, 5.41) is 3.39. The van der Waals surface area contributed by atoms with Gasteiger partial charge in [-0.3, -0.25) is 0 Å². The van der Waals surface area contributed by atoms with E-state index in [9.17, 15) is 0 Å². The molecule has 1 aromatic carbocycles. The van der Waals surface area contributed by atoms with Crippen molar-refractivity contribution in [1.29, 1.82) is 0 Å². The lowest BCUT2D eigenvalue weighted by atomic mass is 9.81. The molecule has 0 aromatic heterocycles. The van der Waals surface area contributed by atoms with Gasteiger partial charge < -0.3 is 19.5 Å². The van der Waals surface area contributed by atoms with Gasteiger partial charge in [-0.25, -0.2) is 0 Å². The number of hydrogen-bond donors (Lipinski definition) is 1. The average Bonchev–Trinajstić information content (AvgIpc) is 2.45. The van der Waals surface area contributed by atoms with Crippen LogP contribution in [0.2, 0.25) is 0 Å². The van der Waals surface area contributed by atoms with Crippen molar-refractivity contribution in [2.75, 3.05) is 21.3 Å². The Morgan fingerprint density at radius 2 is 2.10 bits per heavy atom. The molecule has 0 fully saturated rings. The molecule has 1 aliphatic heterocycles. The second-order valence-corrected chi connectivity index (χ2v) is 6.64. The van der Waals surface area contributed by atoms with Crippen LogP contribution in [0, 0.1) is 0 Å². The summed E-state index contributed by atoms with van der Waals surface area (Å²) in [4.78, 5) is 0. The van der Waals surface area contributed by atoms with Gasteiger partial charge in [0.2, 0.25) is 0 Å². The number of benzene rings is 1. The van der Waals surface area contributed by atoms with Crippen LogP contribution in [0.1, 0.15) is 45.2 Å². The van der Waals surface area contributed by atoms with E-state index in [1.807, 2.05) is 19.2 Å². The van der Waals surface area contributed by atoms with Crippen LogP contribution < -0.4 is 14.8 Å². The fourth-order valence-corrected chi connectivity index (χ4v) is 3.21. The lowest BCUT2D eigenvalue weighted by molar-refractivity contribution is -0.0594. The van der Waals surface area contributed by atoms with Crippen molar-refractivity contribution < 1.29 is 14.2 Å². The maximum atomic E-state index is 6.31. The van der Waals surface area contributed by atoms with Gasteiger partial charge in [0.25, 0.3) is 0 Å². The number of ether oxygens (including phenoxy) is 3. The van der Waals surface area contributed by atoms with E-state index >= 15 is 0 Å². The van der Waals surface area contributed by atoms with Crippen LogP contribution in [0.25, 0.3) is 0 Å². The van der Waals surface area contributed by atoms with E-state index in [-0.39, 0.29) is 17.2 Å². The highest BCUT2D eigenvalue weighted by Crippen LogP contribution is 2.44. The normalized spacial score (nSPS) is 25.1. The topological polar surface area (TPSA) is 39.7 Å². The first-order chi connectivity index (χ1) is 9.82. The summed E-state index contributed by atoms with van der Waals surface area (Å²) in [6.07, 6.45) is 1.73. The fraction of sp³-hybridized carbons (Fsp3) is 0.647. The third-order valence-electron chi connectivity index (χ3n) is 4.29. The highest BCUT2D eigenvalue weighted by Gasteiger charge is 2.41. The van der Waals surface area contributed by atoms with Gasteiger partial charge in [-0.15, -0.1) is 0 Å². The predicted octanol–water partition coefficient (Wildman–Crippen LogP) is 3.31. The van der Waals surface area contributed by atoms with Crippen LogP contribution in [0.4, 0.5) is 0 Å². The second-order valence-electron chi connectivity index (χ2n) is 6.64. The number of nitrogens with one attached hydrogen (secondary N) is 1. The molecule has 2 rings (SSSR count). The molecule has 4 heteroatoms. The molecule has 2 atom stereocenters. The average molecular weight is 293 g/mol. The molecule has 0 amide bonds. The molecule has 1 N–H and O–H groups in total. The monoisotopic (exact) mass is 293 g/mol. The Morgan fingerprint density at radius 3 is 2.67 bits per heavy atom. The Hall–Kier alpha value is -1.26. The Labute approximate surface area is 127 Å². The van der Waals surface area contributed by atoms with Gasteiger partial charge in [0.15, 0.2) is 0 Å². The van der Waals surface area contributed by atoms with Crippen LogP contribution >= 0.6 is 0 Å². The van der Waals surface area contributed by atoms with Gasteiger partial charge in [-0.1, -0.05) is 0 Å². The molecule has 21 heavy (non-hydrogen) atoms. The van der Waals surface area contributed by atoms with E-state index in [1.165, 1.54) is 0 Å². The Morgan fingerprint density at radius 1 is 1.38 bits per heavy atom. The zero-order chi connectivity index (χ0) is 15.7. The van der Waals surface area contributed by atoms with Crippen molar-refractivity contribution in [2.45, 2.75) is 50.9 Å². The van der Waals surface area contributed by atoms with Gasteiger partial charge in [-0.2, -0.15) is 0 Å². The summed E-state index contributed by atoms with van der Waals surface area (Å²) in [5.41, 5.74) is 0.691. The van der Waals surface area contributed by atoms with Crippen molar-refractivity contribution in [3.8, 4) is 11.5 Å². The van der Waals surface area contributed by atoms with E-state index in [2.05, 4.69) is 32.2 Å². The summed E-state index contributed by atoms with van der Waals surface area (Å²) < 4.78 is 17.2. The van der Waals surface area contributed by atoms with Gasteiger partial charge >= 0.3 is 0 Å². The minimum Gasteiger partial charge on any atom is -0.497 e. The summed E-state index contributed by atoms with van der Waals surface area (Å²) >= 11 is 0. The molecule has 2 unspecified atom stereocenters. The number of rotatable bonds is 5. The molecule has 0 saturated carbocycles.